The number of rotatable bonds is 10. The topological polar surface area (TPSA) is 96.9 Å². The predicted molar refractivity (Wildman–Crippen MR) is 131 cm³/mol. The molecular weight excluding hydrogens is 462 g/mol. The van der Waals surface area contributed by atoms with Gasteiger partial charge < -0.3 is 4.74 Å². The Hall–Kier alpha value is -3.36. The molecule has 0 fully saturated rings. The number of benzene rings is 3. The lowest BCUT2D eigenvalue weighted by atomic mass is 10.2. The molecule has 7 nitrogen and oxygen atoms in total. The fourth-order valence-corrected chi connectivity index (χ4v) is 4.00. The van der Waals surface area contributed by atoms with Gasteiger partial charge in [0.2, 0.25) is 0 Å². The largest absolute Gasteiger partial charge is 0.494 e. The minimum atomic E-state index is -3.90. The van der Waals surface area contributed by atoms with Crippen LogP contribution in [0.2, 0.25) is 5.02 Å². The molecule has 2 N–H and O–H groups in total. The van der Waals surface area contributed by atoms with Crippen LogP contribution in [-0.4, -0.2) is 27.1 Å². The van der Waals surface area contributed by atoms with E-state index in [2.05, 4.69) is 22.2 Å². The Labute approximate surface area is 198 Å². The standard InChI is InChI=1S/C24H24ClN3O4S/c1-2-3-16-32-20-12-8-18(9-13-20)17-26-27-24(29)22-6-4-5-7-23(22)28-33(30,31)21-14-10-19(25)11-15-21/h4-15,17,28H,2-3,16H2,1H3,(H,27,29)/b26-17+. The molecule has 0 aromatic heterocycles. The number of unbranched alkanes of at least 4 members (excludes halogenated alkanes) is 1. The number of anilines is 1. The van der Waals surface area contributed by atoms with Gasteiger partial charge in [-0.15, -0.1) is 0 Å². The van der Waals surface area contributed by atoms with Gasteiger partial charge in [-0.2, -0.15) is 5.10 Å². The van der Waals surface area contributed by atoms with E-state index in [0.29, 0.717) is 11.6 Å². The van der Waals surface area contributed by atoms with Crippen LogP contribution in [0.25, 0.3) is 0 Å². The van der Waals surface area contributed by atoms with E-state index in [4.69, 9.17) is 16.3 Å². The SMILES string of the molecule is CCCCOc1ccc(/C=N/NC(=O)c2ccccc2NS(=O)(=O)c2ccc(Cl)cc2)cc1. The smallest absolute Gasteiger partial charge is 0.273 e. The molecule has 0 aliphatic carbocycles. The van der Waals surface area contributed by atoms with E-state index in [1.165, 1.54) is 42.6 Å². The summed E-state index contributed by atoms with van der Waals surface area (Å²) in [6.45, 7) is 2.77. The van der Waals surface area contributed by atoms with E-state index in [-0.39, 0.29) is 16.1 Å². The van der Waals surface area contributed by atoms with Crippen LogP contribution in [0.4, 0.5) is 5.69 Å². The van der Waals surface area contributed by atoms with Crippen LogP contribution in [0.15, 0.2) is 82.8 Å². The van der Waals surface area contributed by atoms with Crippen LogP contribution < -0.4 is 14.9 Å². The number of carbonyl (C=O) groups is 1. The molecule has 0 aliphatic rings. The quantitative estimate of drug-likeness (QED) is 0.237. The van der Waals surface area contributed by atoms with E-state index in [1.807, 2.05) is 24.3 Å². The van der Waals surface area contributed by atoms with E-state index >= 15 is 0 Å². The maximum atomic E-state index is 12.7. The van der Waals surface area contributed by atoms with Crippen molar-refractivity contribution in [3.8, 4) is 5.75 Å². The molecule has 1 amide bonds. The van der Waals surface area contributed by atoms with Crippen LogP contribution >= 0.6 is 11.6 Å². The third kappa shape index (κ3) is 7.06. The average Bonchev–Trinajstić information content (AvgIpc) is 2.80. The van der Waals surface area contributed by atoms with Crippen LogP contribution in [0, 0.1) is 0 Å². The minimum absolute atomic E-state index is 0.0299. The summed E-state index contributed by atoms with van der Waals surface area (Å²) < 4.78 is 33.4. The first-order valence-electron chi connectivity index (χ1n) is 10.3. The Morgan fingerprint density at radius 2 is 1.73 bits per heavy atom. The molecule has 0 saturated carbocycles. The highest BCUT2D eigenvalue weighted by Gasteiger charge is 2.18. The molecule has 0 atom stereocenters. The van der Waals surface area contributed by atoms with Crippen molar-refractivity contribution in [3.05, 3.63) is 88.9 Å². The second kappa shape index (κ2) is 11.5. The highest BCUT2D eigenvalue weighted by molar-refractivity contribution is 7.92. The fraction of sp³-hybridized carbons (Fsp3) is 0.167. The summed E-state index contributed by atoms with van der Waals surface area (Å²) in [4.78, 5) is 12.7. The van der Waals surface area contributed by atoms with Crippen molar-refractivity contribution in [2.24, 2.45) is 5.10 Å². The molecule has 0 radical (unpaired) electrons. The van der Waals surface area contributed by atoms with Gasteiger partial charge in [0.25, 0.3) is 15.9 Å². The number of para-hydroxylation sites is 1. The first-order valence-corrected chi connectivity index (χ1v) is 12.2. The zero-order valence-electron chi connectivity index (χ0n) is 18.0. The zero-order valence-corrected chi connectivity index (χ0v) is 19.6. The number of hydrazone groups is 1. The maximum absolute atomic E-state index is 12.7. The van der Waals surface area contributed by atoms with Gasteiger partial charge in [-0.05, 0) is 72.6 Å². The summed E-state index contributed by atoms with van der Waals surface area (Å²) in [6.07, 6.45) is 3.55. The second-order valence-corrected chi connectivity index (χ2v) is 9.19. The maximum Gasteiger partial charge on any atom is 0.273 e. The zero-order chi connectivity index (χ0) is 23.7. The highest BCUT2D eigenvalue weighted by Crippen LogP contribution is 2.21. The molecule has 0 aliphatic heterocycles. The molecule has 3 aromatic rings. The van der Waals surface area contributed by atoms with Crippen LogP contribution in [0.5, 0.6) is 5.75 Å². The Morgan fingerprint density at radius 1 is 1.03 bits per heavy atom. The lowest BCUT2D eigenvalue weighted by Crippen LogP contribution is -2.21. The Kier molecular flexibility index (Phi) is 8.46. The van der Waals surface area contributed by atoms with Gasteiger partial charge in [0.05, 0.1) is 29.0 Å². The number of amides is 1. The normalized spacial score (nSPS) is 11.3. The molecule has 33 heavy (non-hydrogen) atoms. The summed E-state index contributed by atoms with van der Waals surface area (Å²) in [5, 5.41) is 4.39. The monoisotopic (exact) mass is 485 g/mol. The summed E-state index contributed by atoms with van der Waals surface area (Å²) in [6, 6.07) is 19.3. The number of halogens is 1. The van der Waals surface area contributed by atoms with Gasteiger partial charge in [-0.25, -0.2) is 13.8 Å². The second-order valence-electron chi connectivity index (χ2n) is 7.08. The van der Waals surface area contributed by atoms with Crippen molar-refractivity contribution in [3.63, 3.8) is 0 Å². The van der Waals surface area contributed by atoms with E-state index in [9.17, 15) is 13.2 Å². The Morgan fingerprint density at radius 3 is 2.42 bits per heavy atom. The van der Waals surface area contributed by atoms with Crippen LogP contribution in [0.1, 0.15) is 35.7 Å². The van der Waals surface area contributed by atoms with Gasteiger partial charge in [0.1, 0.15) is 5.75 Å². The number of nitrogens with zero attached hydrogens (tertiary/aromatic N) is 1. The van der Waals surface area contributed by atoms with Crippen molar-refractivity contribution in [1.29, 1.82) is 0 Å². The first kappa shape index (κ1) is 24.3. The van der Waals surface area contributed by atoms with Crippen molar-refractivity contribution < 1.29 is 17.9 Å². The van der Waals surface area contributed by atoms with Gasteiger partial charge in [0, 0.05) is 5.02 Å². The molecular formula is C24H24ClN3O4S. The molecule has 0 bridgehead atoms. The van der Waals surface area contributed by atoms with Crippen molar-refractivity contribution in [2.45, 2.75) is 24.7 Å². The third-order valence-electron chi connectivity index (χ3n) is 4.57. The van der Waals surface area contributed by atoms with Crippen LogP contribution in [0.3, 0.4) is 0 Å². The number of carbonyl (C=O) groups excluding carboxylic acids is 1. The van der Waals surface area contributed by atoms with Crippen molar-refractivity contribution in [1.82, 2.24) is 5.43 Å². The summed E-state index contributed by atoms with van der Waals surface area (Å²) in [5.41, 5.74) is 3.46. The Balaban J connectivity index is 1.65. The number of sulfonamides is 1. The highest BCUT2D eigenvalue weighted by atomic mass is 35.5. The van der Waals surface area contributed by atoms with Gasteiger partial charge >= 0.3 is 0 Å². The number of hydrogen-bond donors (Lipinski definition) is 2. The van der Waals surface area contributed by atoms with Crippen molar-refractivity contribution >= 4 is 39.4 Å². The van der Waals surface area contributed by atoms with Crippen molar-refractivity contribution in [2.75, 3.05) is 11.3 Å². The van der Waals surface area contributed by atoms with E-state index in [0.717, 1.165) is 24.2 Å². The lowest BCUT2D eigenvalue weighted by molar-refractivity contribution is 0.0956. The molecule has 0 saturated heterocycles. The summed E-state index contributed by atoms with van der Waals surface area (Å²) in [7, 11) is -3.90. The molecule has 3 rings (SSSR count). The number of nitrogens with one attached hydrogen (secondary N) is 2. The van der Waals surface area contributed by atoms with Gasteiger partial charge in [0.15, 0.2) is 0 Å². The van der Waals surface area contributed by atoms with E-state index in [1.54, 1.807) is 12.1 Å². The van der Waals surface area contributed by atoms with E-state index < -0.39 is 15.9 Å². The minimum Gasteiger partial charge on any atom is -0.494 e. The fourth-order valence-electron chi connectivity index (χ4n) is 2.80. The molecule has 3 aromatic carbocycles. The molecule has 0 spiro atoms. The molecule has 0 heterocycles. The summed E-state index contributed by atoms with van der Waals surface area (Å²) >= 11 is 5.83. The predicted octanol–water partition coefficient (Wildman–Crippen LogP) is 5.08. The summed E-state index contributed by atoms with van der Waals surface area (Å²) in [5.74, 6) is 0.215. The first-order chi connectivity index (χ1) is 15.9. The molecule has 172 valence electrons. The van der Waals surface area contributed by atoms with Gasteiger partial charge in [-0.3, -0.25) is 9.52 Å². The average molecular weight is 486 g/mol. The van der Waals surface area contributed by atoms with Gasteiger partial charge in [-0.1, -0.05) is 37.1 Å². The molecule has 9 heteroatoms. The Bertz CT molecular complexity index is 1210. The lowest BCUT2D eigenvalue weighted by Gasteiger charge is -2.11. The molecule has 0 unspecified atom stereocenters. The third-order valence-corrected chi connectivity index (χ3v) is 6.20. The van der Waals surface area contributed by atoms with Crippen LogP contribution in [-0.2, 0) is 10.0 Å². The number of hydrogen-bond acceptors (Lipinski definition) is 5. The number of ether oxygens (including phenoxy) is 1.